The highest BCUT2D eigenvalue weighted by atomic mass is 35.5. The summed E-state index contributed by atoms with van der Waals surface area (Å²) in [6.45, 7) is -3.13. The molecule has 1 amide bonds. The van der Waals surface area contributed by atoms with Crippen LogP contribution in [0.3, 0.4) is 0 Å². The maximum atomic E-state index is 12.7. The topological polar surface area (TPSA) is 93.9 Å². The average molecular weight is 444 g/mol. The van der Waals surface area contributed by atoms with Crippen molar-refractivity contribution in [1.82, 2.24) is 10.2 Å². The third-order valence-electron chi connectivity index (χ3n) is 4.28. The molecule has 8 nitrogen and oxygen atoms in total. The van der Waals surface area contributed by atoms with E-state index in [-0.39, 0.29) is 23.9 Å². The van der Waals surface area contributed by atoms with Gasteiger partial charge in [-0.15, -0.1) is 0 Å². The third kappa shape index (κ3) is 5.55. The van der Waals surface area contributed by atoms with Gasteiger partial charge < -0.3 is 19.7 Å². The molecule has 30 heavy (non-hydrogen) atoms. The fourth-order valence-electron chi connectivity index (χ4n) is 2.83. The van der Waals surface area contributed by atoms with E-state index in [9.17, 15) is 23.7 Å². The number of carbonyl (C=O) groups excluding carboxylic acids is 1. The number of benzene rings is 2. The van der Waals surface area contributed by atoms with E-state index in [2.05, 4.69) is 10.1 Å². The van der Waals surface area contributed by atoms with E-state index >= 15 is 0 Å². The molecule has 0 radical (unpaired) electrons. The molecule has 0 saturated carbocycles. The molecule has 1 atom stereocenters. The van der Waals surface area contributed by atoms with Crippen LogP contribution in [0.5, 0.6) is 11.5 Å². The van der Waals surface area contributed by atoms with Gasteiger partial charge in [0.05, 0.1) is 24.1 Å². The molecule has 0 aliphatic rings. The van der Waals surface area contributed by atoms with Crippen LogP contribution in [0.4, 0.5) is 14.5 Å². The maximum Gasteiger partial charge on any atom is 0.387 e. The first kappa shape index (κ1) is 23.3. The molecule has 0 aliphatic heterocycles. The molecule has 0 aliphatic carbocycles. The van der Waals surface area contributed by atoms with Crippen molar-refractivity contribution in [3.8, 4) is 11.5 Å². The van der Waals surface area contributed by atoms with Gasteiger partial charge in [0, 0.05) is 17.6 Å². The van der Waals surface area contributed by atoms with Crippen LogP contribution in [-0.2, 0) is 0 Å². The van der Waals surface area contributed by atoms with Crippen molar-refractivity contribution < 1.29 is 28.0 Å². The van der Waals surface area contributed by atoms with Crippen molar-refractivity contribution in [2.24, 2.45) is 0 Å². The second-order valence-electron chi connectivity index (χ2n) is 6.37. The number of ether oxygens (including phenoxy) is 2. The smallest absolute Gasteiger partial charge is 0.387 e. The first-order valence-corrected chi connectivity index (χ1v) is 9.03. The third-order valence-corrected chi connectivity index (χ3v) is 4.63. The number of nitrogens with zero attached hydrogens (tertiary/aromatic N) is 2. The van der Waals surface area contributed by atoms with Gasteiger partial charge in [0.15, 0.2) is 11.5 Å². The fraction of sp³-hybridized carbons (Fsp3) is 0.316. The number of nitro groups is 1. The van der Waals surface area contributed by atoms with Gasteiger partial charge in [-0.25, -0.2) is 0 Å². The summed E-state index contributed by atoms with van der Waals surface area (Å²) in [5.74, 6) is -1.55. The Labute approximate surface area is 176 Å². The highest BCUT2D eigenvalue weighted by molar-refractivity contribution is 6.31. The maximum absolute atomic E-state index is 12.7. The zero-order valence-corrected chi connectivity index (χ0v) is 17.2. The number of halogens is 3. The van der Waals surface area contributed by atoms with Crippen LogP contribution in [0.2, 0.25) is 5.02 Å². The monoisotopic (exact) mass is 443 g/mol. The van der Waals surface area contributed by atoms with E-state index in [1.54, 1.807) is 38.4 Å². The number of hydrogen-bond donors (Lipinski definition) is 1. The Morgan fingerprint density at radius 1 is 1.27 bits per heavy atom. The van der Waals surface area contributed by atoms with Gasteiger partial charge >= 0.3 is 6.61 Å². The second-order valence-corrected chi connectivity index (χ2v) is 6.77. The van der Waals surface area contributed by atoms with E-state index in [1.165, 1.54) is 7.11 Å². The highest BCUT2D eigenvalue weighted by Gasteiger charge is 2.27. The minimum absolute atomic E-state index is 0.0876. The van der Waals surface area contributed by atoms with Crippen LogP contribution in [0, 0.1) is 10.1 Å². The molecule has 0 heterocycles. The number of nitrogens with one attached hydrogen (secondary N) is 1. The molecular weight excluding hydrogens is 424 g/mol. The number of alkyl halides is 2. The summed E-state index contributed by atoms with van der Waals surface area (Å²) < 4.78 is 34.3. The summed E-state index contributed by atoms with van der Waals surface area (Å²) in [5.41, 5.74) is -0.282. The molecule has 0 unspecified atom stereocenters. The summed E-state index contributed by atoms with van der Waals surface area (Å²) in [7, 11) is 4.75. The standard InChI is InChI=1S/C19H20ClF2N3O5/c1-24(2)15(11-6-4-5-7-13(11)20)10-23-18(26)12-8-16(29-3)17(30-19(21)22)9-14(12)25(27)28/h4-9,15,19H,10H2,1-3H3,(H,23,26)/t15-/m1/s1. The zero-order valence-electron chi connectivity index (χ0n) is 16.4. The van der Waals surface area contributed by atoms with Gasteiger partial charge in [0.2, 0.25) is 0 Å². The number of carbonyl (C=O) groups is 1. The number of rotatable bonds is 9. The average Bonchev–Trinajstić information content (AvgIpc) is 2.68. The van der Waals surface area contributed by atoms with Gasteiger partial charge in [-0.2, -0.15) is 8.78 Å². The lowest BCUT2D eigenvalue weighted by Gasteiger charge is -2.26. The largest absolute Gasteiger partial charge is 0.493 e. The van der Waals surface area contributed by atoms with E-state index in [4.69, 9.17) is 16.3 Å². The summed E-state index contributed by atoms with van der Waals surface area (Å²) in [4.78, 5) is 25.1. The molecule has 11 heteroatoms. The fourth-order valence-corrected chi connectivity index (χ4v) is 3.09. The van der Waals surface area contributed by atoms with E-state index in [0.29, 0.717) is 5.02 Å². The summed E-state index contributed by atoms with van der Waals surface area (Å²) >= 11 is 6.24. The first-order chi connectivity index (χ1) is 14.1. The number of likely N-dealkylation sites (N-methyl/N-ethyl adjacent to an activating group) is 1. The van der Waals surface area contributed by atoms with Gasteiger partial charge in [-0.05, 0) is 25.7 Å². The Hall–Kier alpha value is -2.98. The molecule has 0 saturated heterocycles. The molecule has 0 fully saturated rings. The quantitative estimate of drug-likeness (QED) is 0.466. The summed E-state index contributed by atoms with van der Waals surface area (Å²) in [5, 5.41) is 14.5. The Bertz CT molecular complexity index is 927. The van der Waals surface area contributed by atoms with E-state index in [1.807, 2.05) is 4.90 Å². The van der Waals surface area contributed by atoms with Crippen molar-refractivity contribution in [3.05, 3.63) is 62.7 Å². The molecule has 0 spiro atoms. The van der Waals surface area contributed by atoms with Crippen LogP contribution in [0.1, 0.15) is 22.0 Å². The van der Waals surface area contributed by atoms with Gasteiger partial charge in [-0.1, -0.05) is 29.8 Å². The summed E-state index contributed by atoms with van der Waals surface area (Å²) in [6, 6.07) is 8.51. The number of hydrogen-bond acceptors (Lipinski definition) is 6. The predicted molar refractivity (Wildman–Crippen MR) is 106 cm³/mol. The highest BCUT2D eigenvalue weighted by Crippen LogP contribution is 2.36. The lowest BCUT2D eigenvalue weighted by atomic mass is 10.1. The van der Waals surface area contributed by atoms with Crippen LogP contribution in [-0.4, -0.2) is 50.1 Å². The molecule has 2 aromatic rings. The van der Waals surface area contributed by atoms with Crippen LogP contribution in [0.25, 0.3) is 0 Å². The van der Waals surface area contributed by atoms with Crippen molar-refractivity contribution in [1.29, 1.82) is 0 Å². The van der Waals surface area contributed by atoms with Crippen LogP contribution in [0.15, 0.2) is 36.4 Å². The molecule has 162 valence electrons. The van der Waals surface area contributed by atoms with Crippen LogP contribution < -0.4 is 14.8 Å². The SMILES string of the molecule is COc1cc(C(=O)NC[C@H](c2ccccc2Cl)N(C)C)c([N+](=O)[O-])cc1OC(F)F. The van der Waals surface area contributed by atoms with Crippen molar-refractivity contribution in [3.63, 3.8) is 0 Å². The Morgan fingerprint density at radius 2 is 1.93 bits per heavy atom. The lowest BCUT2D eigenvalue weighted by molar-refractivity contribution is -0.385. The molecule has 1 N–H and O–H groups in total. The second kappa shape index (κ2) is 10.2. The van der Waals surface area contributed by atoms with Crippen molar-refractivity contribution in [2.75, 3.05) is 27.7 Å². The van der Waals surface area contributed by atoms with Gasteiger partial charge in [0.25, 0.3) is 11.6 Å². The Kier molecular flexibility index (Phi) is 7.90. The number of amides is 1. The van der Waals surface area contributed by atoms with E-state index in [0.717, 1.165) is 17.7 Å². The summed E-state index contributed by atoms with van der Waals surface area (Å²) in [6.07, 6.45) is 0. The predicted octanol–water partition coefficient (Wildman–Crippen LogP) is 3.89. The Morgan fingerprint density at radius 3 is 2.47 bits per heavy atom. The Balaban J connectivity index is 2.33. The zero-order chi connectivity index (χ0) is 22.4. The van der Waals surface area contributed by atoms with Crippen LogP contribution >= 0.6 is 11.6 Å². The molecule has 0 aromatic heterocycles. The minimum Gasteiger partial charge on any atom is -0.493 e. The first-order valence-electron chi connectivity index (χ1n) is 8.66. The van der Waals surface area contributed by atoms with Gasteiger partial charge in [-0.3, -0.25) is 14.9 Å². The normalized spacial score (nSPS) is 12.0. The van der Waals surface area contributed by atoms with Gasteiger partial charge in [0.1, 0.15) is 5.56 Å². The van der Waals surface area contributed by atoms with E-state index < -0.39 is 28.9 Å². The number of methoxy groups -OCH3 is 1. The van der Waals surface area contributed by atoms with Crippen molar-refractivity contribution in [2.45, 2.75) is 12.7 Å². The molecule has 2 rings (SSSR count). The number of nitro benzene ring substituents is 1. The minimum atomic E-state index is -3.21. The molecular formula is C19H20ClF2N3O5. The molecule has 2 aromatic carbocycles. The van der Waals surface area contributed by atoms with Crippen molar-refractivity contribution >= 4 is 23.2 Å². The molecule has 0 bridgehead atoms. The lowest BCUT2D eigenvalue weighted by Crippen LogP contribution is -2.35.